The molecule has 0 bridgehead atoms. The minimum atomic E-state index is -3.47. The number of hydrogen-bond donors (Lipinski definition) is 2. The number of fused-ring (bicyclic) bond motifs is 1. The number of hydrogen-bond acceptors (Lipinski definition) is 5. The average molecular weight is 382 g/mol. The van der Waals surface area contributed by atoms with Crippen molar-refractivity contribution in [3.05, 3.63) is 30.3 Å². The molecule has 2 aromatic rings. The topological polar surface area (TPSA) is 92.5 Å². The number of nitrogens with two attached hydrogens (primary N) is 1. The van der Waals surface area contributed by atoms with E-state index in [1.165, 1.54) is 11.3 Å². The number of piperidine rings is 1. The van der Waals surface area contributed by atoms with Crippen LogP contribution < -0.4 is 10.5 Å². The first-order valence-electron chi connectivity index (χ1n) is 8.45. The number of rotatable bonds is 7. The first-order valence-corrected chi connectivity index (χ1v) is 10.8. The van der Waals surface area contributed by atoms with Crippen LogP contribution in [0.15, 0.2) is 34.5 Å². The van der Waals surface area contributed by atoms with Crippen LogP contribution >= 0.6 is 11.3 Å². The van der Waals surface area contributed by atoms with Gasteiger partial charge in [0, 0.05) is 17.8 Å². The van der Waals surface area contributed by atoms with Crippen molar-refractivity contribution in [2.75, 3.05) is 26.2 Å². The molecule has 8 heteroatoms. The molecule has 1 atom stereocenters. The molecule has 0 unspecified atom stereocenters. The van der Waals surface area contributed by atoms with Gasteiger partial charge < -0.3 is 10.6 Å². The Labute approximate surface area is 152 Å². The van der Waals surface area contributed by atoms with Crippen LogP contribution in [0.2, 0.25) is 0 Å². The van der Waals surface area contributed by atoms with Crippen LogP contribution in [0.1, 0.15) is 19.3 Å². The average Bonchev–Trinajstić information content (AvgIpc) is 3.04. The smallest absolute Gasteiger partial charge is 0.250 e. The van der Waals surface area contributed by atoms with E-state index in [4.69, 9.17) is 5.73 Å². The zero-order chi connectivity index (χ0) is 17.9. The van der Waals surface area contributed by atoms with E-state index in [1.807, 2.05) is 24.3 Å². The Kier molecular flexibility index (Phi) is 5.73. The normalized spacial score (nSPS) is 19.3. The highest BCUT2D eigenvalue weighted by Crippen LogP contribution is 2.28. The van der Waals surface area contributed by atoms with Crippen LogP contribution in [0.25, 0.3) is 10.1 Å². The molecule has 1 aromatic carbocycles. The fourth-order valence-corrected chi connectivity index (χ4v) is 5.68. The van der Waals surface area contributed by atoms with Gasteiger partial charge in [-0.25, -0.2) is 13.1 Å². The van der Waals surface area contributed by atoms with Gasteiger partial charge in [-0.05, 0) is 49.9 Å². The van der Waals surface area contributed by atoms with E-state index in [0.717, 1.165) is 36.0 Å². The molecular formula is C17H23N3O3S2. The zero-order valence-electron chi connectivity index (χ0n) is 14.0. The summed E-state index contributed by atoms with van der Waals surface area (Å²) in [5.74, 6) is -0.320. The summed E-state index contributed by atoms with van der Waals surface area (Å²) in [6.07, 6.45) is 2.52. The van der Waals surface area contributed by atoms with E-state index in [0.29, 0.717) is 23.7 Å². The number of carbonyl (C=O) groups excluding carboxylic acids is 1. The van der Waals surface area contributed by atoms with Crippen molar-refractivity contribution < 1.29 is 13.2 Å². The predicted octanol–water partition coefficient (Wildman–Crippen LogP) is 1.77. The maximum absolute atomic E-state index is 12.4. The van der Waals surface area contributed by atoms with Crippen LogP contribution in [-0.4, -0.2) is 45.4 Å². The standard InChI is InChI=1S/C17H23N3O3S2/c18-17(21)14-6-3-9-20(12-14)10-4-8-19-25(22,23)16-11-13-5-1-2-7-15(13)24-16/h1-2,5,7,11,14,19H,3-4,6,8-10,12H2,(H2,18,21)/t14-/m0/s1. The van der Waals surface area contributed by atoms with Gasteiger partial charge in [-0.3, -0.25) is 4.79 Å². The lowest BCUT2D eigenvalue weighted by Crippen LogP contribution is -2.42. The lowest BCUT2D eigenvalue weighted by atomic mass is 9.97. The Morgan fingerprint density at radius 3 is 2.92 bits per heavy atom. The van der Waals surface area contributed by atoms with E-state index in [-0.39, 0.29) is 11.8 Å². The third-order valence-corrected chi connectivity index (χ3v) is 7.57. The number of nitrogens with one attached hydrogen (secondary N) is 1. The highest BCUT2D eigenvalue weighted by atomic mass is 32.2. The molecule has 1 aliphatic rings. The van der Waals surface area contributed by atoms with E-state index < -0.39 is 10.0 Å². The molecule has 0 spiro atoms. The Morgan fingerprint density at radius 2 is 2.16 bits per heavy atom. The number of nitrogens with zero attached hydrogens (tertiary/aromatic N) is 1. The Balaban J connectivity index is 1.50. The van der Waals surface area contributed by atoms with Gasteiger partial charge in [0.15, 0.2) is 0 Å². The van der Waals surface area contributed by atoms with Crippen molar-refractivity contribution in [1.29, 1.82) is 0 Å². The van der Waals surface area contributed by atoms with Crippen LogP contribution in [0.4, 0.5) is 0 Å². The number of sulfonamides is 1. The molecule has 1 amide bonds. The summed E-state index contributed by atoms with van der Waals surface area (Å²) in [4.78, 5) is 13.5. The molecule has 1 fully saturated rings. The molecule has 3 rings (SSSR count). The highest BCUT2D eigenvalue weighted by molar-refractivity contribution is 7.91. The maximum Gasteiger partial charge on any atom is 0.250 e. The molecular weight excluding hydrogens is 358 g/mol. The second-order valence-corrected chi connectivity index (χ2v) is 9.47. The van der Waals surface area contributed by atoms with Gasteiger partial charge in [0.25, 0.3) is 0 Å². The lowest BCUT2D eigenvalue weighted by Gasteiger charge is -2.31. The second kappa shape index (κ2) is 7.82. The molecule has 6 nitrogen and oxygen atoms in total. The van der Waals surface area contributed by atoms with Gasteiger partial charge in [-0.1, -0.05) is 18.2 Å². The van der Waals surface area contributed by atoms with Gasteiger partial charge in [0.1, 0.15) is 4.21 Å². The largest absolute Gasteiger partial charge is 0.369 e. The lowest BCUT2D eigenvalue weighted by molar-refractivity contribution is -0.123. The summed E-state index contributed by atoms with van der Waals surface area (Å²) in [6.45, 7) is 2.76. The molecule has 2 heterocycles. The Bertz CT molecular complexity index is 815. The Hall–Kier alpha value is -1.48. The third-order valence-electron chi connectivity index (χ3n) is 4.52. The summed E-state index contributed by atoms with van der Waals surface area (Å²) in [7, 11) is -3.47. The van der Waals surface area contributed by atoms with Crippen LogP contribution in [0.5, 0.6) is 0 Å². The van der Waals surface area contributed by atoms with E-state index in [9.17, 15) is 13.2 Å². The molecule has 3 N–H and O–H groups in total. The first kappa shape index (κ1) is 18.3. The van der Waals surface area contributed by atoms with E-state index in [2.05, 4.69) is 9.62 Å². The molecule has 1 aromatic heterocycles. The minimum absolute atomic E-state index is 0.0796. The number of thiophene rings is 1. The van der Waals surface area contributed by atoms with E-state index in [1.54, 1.807) is 6.07 Å². The summed E-state index contributed by atoms with van der Waals surface area (Å²) < 4.78 is 28.8. The minimum Gasteiger partial charge on any atom is -0.369 e. The summed E-state index contributed by atoms with van der Waals surface area (Å²) in [5, 5.41) is 0.943. The third kappa shape index (κ3) is 4.58. The molecule has 136 valence electrons. The molecule has 1 saturated heterocycles. The maximum atomic E-state index is 12.4. The van der Waals surface area contributed by atoms with Crippen molar-refractivity contribution in [3.8, 4) is 0 Å². The van der Waals surface area contributed by atoms with E-state index >= 15 is 0 Å². The van der Waals surface area contributed by atoms with Crippen LogP contribution in [0, 0.1) is 5.92 Å². The number of benzene rings is 1. The van der Waals surface area contributed by atoms with Gasteiger partial charge >= 0.3 is 0 Å². The van der Waals surface area contributed by atoms with Gasteiger partial charge in [-0.15, -0.1) is 11.3 Å². The number of carbonyl (C=O) groups is 1. The second-order valence-electron chi connectivity index (χ2n) is 6.40. The summed E-state index contributed by atoms with van der Waals surface area (Å²) in [5.41, 5.74) is 5.38. The highest BCUT2D eigenvalue weighted by Gasteiger charge is 2.23. The quantitative estimate of drug-likeness (QED) is 0.715. The molecule has 0 aliphatic carbocycles. The summed E-state index contributed by atoms with van der Waals surface area (Å²) >= 11 is 1.28. The first-order chi connectivity index (χ1) is 12.0. The van der Waals surface area contributed by atoms with Gasteiger partial charge in [-0.2, -0.15) is 0 Å². The van der Waals surface area contributed by atoms with Crippen molar-refractivity contribution in [1.82, 2.24) is 9.62 Å². The summed E-state index contributed by atoms with van der Waals surface area (Å²) in [6, 6.07) is 9.35. The zero-order valence-corrected chi connectivity index (χ0v) is 15.6. The van der Waals surface area contributed by atoms with Crippen molar-refractivity contribution in [2.24, 2.45) is 11.7 Å². The van der Waals surface area contributed by atoms with Crippen LogP contribution in [0.3, 0.4) is 0 Å². The van der Waals surface area contributed by atoms with Crippen molar-refractivity contribution >= 4 is 37.4 Å². The number of amides is 1. The van der Waals surface area contributed by atoms with Crippen molar-refractivity contribution in [2.45, 2.75) is 23.5 Å². The Morgan fingerprint density at radius 1 is 1.36 bits per heavy atom. The SMILES string of the molecule is NC(=O)[C@H]1CCCN(CCCNS(=O)(=O)c2cc3ccccc3s2)C1. The fourth-order valence-electron chi connectivity index (χ4n) is 3.16. The monoisotopic (exact) mass is 381 g/mol. The number of likely N-dealkylation sites (tertiary alicyclic amines) is 1. The van der Waals surface area contributed by atoms with Crippen molar-refractivity contribution in [3.63, 3.8) is 0 Å². The fraction of sp³-hybridized carbons (Fsp3) is 0.471. The van der Waals surface area contributed by atoms with Gasteiger partial charge in [0.2, 0.25) is 15.9 Å². The van der Waals surface area contributed by atoms with Crippen LogP contribution in [-0.2, 0) is 14.8 Å². The molecule has 25 heavy (non-hydrogen) atoms. The molecule has 0 saturated carbocycles. The molecule has 0 radical (unpaired) electrons. The predicted molar refractivity (Wildman–Crippen MR) is 100.0 cm³/mol. The van der Waals surface area contributed by atoms with Gasteiger partial charge in [0.05, 0.1) is 5.92 Å². The number of primary amides is 1. The molecule has 1 aliphatic heterocycles.